The Bertz CT molecular complexity index is 459. The lowest BCUT2D eigenvalue weighted by atomic mass is 10.1. The largest absolute Gasteiger partial charge is 0.355 e. The van der Waals surface area contributed by atoms with Gasteiger partial charge >= 0.3 is 5.96 Å². The van der Waals surface area contributed by atoms with Crippen LogP contribution in [0.4, 0.5) is 0 Å². The molecule has 0 aromatic carbocycles. The van der Waals surface area contributed by atoms with Crippen molar-refractivity contribution in [2.24, 2.45) is 11.5 Å². The summed E-state index contributed by atoms with van der Waals surface area (Å²) in [5, 5.41) is 5.63. The molecule has 0 aliphatic heterocycles. The van der Waals surface area contributed by atoms with Gasteiger partial charge in [0.2, 0.25) is 11.8 Å². The zero-order valence-electron chi connectivity index (χ0n) is 17.2. The summed E-state index contributed by atoms with van der Waals surface area (Å²) >= 11 is 0. The van der Waals surface area contributed by atoms with Crippen LogP contribution in [-0.4, -0.2) is 36.9 Å². The summed E-state index contributed by atoms with van der Waals surface area (Å²) in [7, 11) is 0. The molecule has 0 fully saturated rings. The van der Waals surface area contributed by atoms with E-state index in [1.807, 2.05) is 6.92 Å². The lowest BCUT2D eigenvalue weighted by Crippen LogP contribution is -2.78. The average Bonchev–Trinajstić information content (AvgIpc) is 2.62. The number of likely N-dealkylation sites (N-methyl/N-ethyl adjacent to an activating group) is 1. The second kappa shape index (κ2) is 17.4. The zero-order chi connectivity index (χ0) is 20.3. The van der Waals surface area contributed by atoms with Gasteiger partial charge < -0.3 is 10.6 Å². The molecule has 156 valence electrons. The molecule has 0 rings (SSSR count). The fourth-order valence-corrected chi connectivity index (χ4v) is 2.73. The number of nitrogens with one attached hydrogen (secondary N) is 3. The van der Waals surface area contributed by atoms with Crippen LogP contribution in [0.2, 0.25) is 0 Å². The predicted octanol–water partition coefficient (Wildman–Crippen LogP) is 0.438. The Hall–Kier alpha value is -2.05. The van der Waals surface area contributed by atoms with Crippen LogP contribution in [-0.2, 0) is 9.59 Å². The molecule has 2 amide bonds. The van der Waals surface area contributed by atoms with Gasteiger partial charge in [0.1, 0.15) is 6.04 Å². The van der Waals surface area contributed by atoms with Crippen molar-refractivity contribution in [3.63, 3.8) is 0 Å². The number of hydrogen-bond donors (Lipinski definition) is 5. The van der Waals surface area contributed by atoms with Crippen LogP contribution in [0, 0.1) is 0 Å². The molecule has 0 bridgehead atoms. The average molecular weight is 383 g/mol. The Labute approximate surface area is 164 Å². The first-order valence-corrected chi connectivity index (χ1v) is 10.3. The smallest absolute Gasteiger partial charge is 0.338 e. The Kier molecular flexibility index (Phi) is 16.0. The molecule has 7 nitrogen and oxygen atoms in total. The highest BCUT2D eigenvalue weighted by Crippen LogP contribution is 2.08. The maximum atomic E-state index is 12.2. The molecule has 7 N–H and O–H groups in total. The molecule has 0 aliphatic rings. The number of carbonyl (C=O) groups excluding carboxylic acids is 2. The molecular weight excluding hydrogens is 342 g/mol. The molecule has 1 atom stereocenters. The SMILES string of the molecule is CC/C=C/CCCCCCCC(=O)NC(CCC[NH+]=C(N)N)C(=O)NCC. The van der Waals surface area contributed by atoms with Crippen molar-refractivity contribution in [2.45, 2.75) is 84.1 Å². The fraction of sp³-hybridized carbons (Fsp3) is 0.750. The van der Waals surface area contributed by atoms with Gasteiger partial charge in [-0.25, -0.2) is 0 Å². The number of amides is 2. The number of nitrogens with two attached hydrogens (primary N) is 2. The molecule has 1 unspecified atom stereocenters. The van der Waals surface area contributed by atoms with Crippen molar-refractivity contribution in [3.8, 4) is 0 Å². The van der Waals surface area contributed by atoms with E-state index in [-0.39, 0.29) is 17.8 Å². The highest BCUT2D eigenvalue weighted by Gasteiger charge is 2.19. The summed E-state index contributed by atoms with van der Waals surface area (Å²) in [6.07, 6.45) is 13.8. The number of carbonyl (C=O) groups is 2. The number of rotatable bonds is 16. The van der Waals surface area contributed by atoms with Gasteiger partial charge in [0.25, 0.3) is 0 Å². The highest BCUT2D eigenvalue weighted by atomic mass is 16.2. The molecule has 0 saturated heterocycles. The molecule has 27 heavy (non-hydrogen) atoms. The maximum Gasteiger partial charge on any atom is 0.338 e. The molecule has 7 heteroatoms. The maximum absolute atomic E-state index is 12.2. The number of hydrogen-bond acceptors (Lipinski definition) is 2. The van der Waals surface area contributed by atoms with E-state index in [1.54, 1.807) is 0 Å². The van der Waals surface area contributed by atoms with E-state index in [1.165, 1.54) is 12.8 Å². The van der Waals surface area contributed by atoms with Gasteiger partial charge in [0.05, 0.1) is 6.54 Å². The number of guanidine groups is 1. The van der Waals surface area contributed by atoms with Gasteiger partial charge in [-0.05, 0) is 45.4 Å². The van der Waals surface area contributed by atoms with Gasteiger partial charge in [-0.1, -0.05) is 38.3 Å². The first-order valence-electron chi connectivity index (χ1n) is 10.3. The molecule has 0 aromatic rings. The van der Waals surface area contributed by atoms with Crippen LogP contribution in [0.1, 0.15) is 78.1 Å². The van der Waals surface area contributed by atoms with Crippen LogP contribution in [0.15, 0.2) is 12.2 Å². The van der Waals surface area contributed by atoms with Crippen molar-refractivity contribution in [2.75, 3.05) is 13.1 Å². The zero-order valence-corrected chi connectivity index (χ0v) is 17.2. The monoisotopic (exact) mass is 382 g/mol. The van der Waals surface area contributed by atoms with Gasteiger partial charge in [0.15, 0.2) is 0 Å². The third-order valence-corrected chi connectivity index (χ3v) is 4.18. The van der Waals surface area contributed by atoms with E-state index >= 15 is 0 Å². The third kappa shape index (κ3) is 15.9. The van der Waals surface area contributed by atoms with Gasteiger partial charge in [-0.3, -0.25) is 26.0 Å². The first kappa shape index (κ1) is 24.9. The van der Waals surface area contributed by atoms with Crippen molar-refractivity contribution in [1.82, 2.24) is 10.6 Å². The standard InChI is InChI=1S/C20H39N5O2/c1-3-5-6-7-8-9-10-11-12-15-18(26)25-17(19(27)23-4-2)14-13-16-24-20(21)22/h5-6,17H,3-4,7-16H2,1-2H3,(H,23,27)(H,25,26)(H4,21,22,24)/p+1/b6-5+. The lowest BCUT2D eigenvalue weighted by molar-refractivity contribution is -0.459. The Balaban J connectivity index is 4.03. The topological polar surface area (TPSA) is 124 Å². The van der Waals surface area contributed by atoms with Crippen molar-refractivity contribution >= 4 is 17.8 Å². The molecule has 0 aromatic heterocycles. The minimum Gasteiger partial charge on any atom is -0.355 e. The molecule has 0 heterocycles. The molecule has 0 aliphatic carbocycles. The lowest BCUT2D eigenvalue weighted by Gasteiger charge is -2.17. The van der Waals surface area contributed by atoms with E-state index in [0.29, 0.717) is 32.4 Å². The summed E-state index contributed by atoms with van der Waals surface area (Å²) in [6, 6.07) is -0.511. The summed E-state index contributed by atoms with van der Waals surface area (Å²) in [5.74, 6) is -0.0411. The quantitative estimate of drug-likeness (QED) is 0.115. The van der Waals surface area contributed by atoms with Crippen LogP contribution in [0.25, 0.3) is 0 Å². The van der Waals surface area contributed by atoms with Crippen LogP contribution in [0.5, 0.6) is 0 Å². The normalized spacial score (nSPS) is 11.9. The van der Waals surface area contributed by atoms with Crippen molar-refractivity contribution < 1.29 is 14.6 Å². The second-order valence-corrected chi connectivity index (χ2v) is 6.73. The predicted molar refractivity (Wildman–Crippen MR) is 111 cm³/mol. The van der Waals surface area contributed by atoms with Crippen molar-refractivity contribution in [1.29, 1.82) is 0 Å². The number of allylic oxidation sites excluding steroid dienone is 2. The molecular formula is C20H40N5O2+. The minimum atomic E-state index is -0.511. The van der Waals surface area contributed by atoms with E-state index in [0.717, 1.165) is 32.1 Å². The Morgan fingerprint density at radius 3 is 2.37 bits per heavy atom. The van der Waals surface area contributed by atoms with Crippen LogP contribution < -0.4 is 27.1 Å². The second-order valence-electron chi connectivity index (χ2n) is 6.73. The van der Waals surface area contributed by atoms with Crippen LogP contribution >= 0.6 is 0 Å². The molecule has 0 spiro atoms. The Morgan fingerprint density at radius 2 is 1.70 bits per heavy atom. The number of unbranched alkanes of at least 4 members (excludes halogenated alkanes) is 5. The van der Waals surface area contributed by atoms with Gasteiger partial charge in [0, 0.05) is 13.0 Å². The highest BCUT2D eigenvalue weighted by molar-refractivity contribution is 5.87. The van der Waals surface area contributed by atoms with E-state index in [9.17, 15) is 9.59 Å². The molecule has 0 saturated carbocycles. The van der Waals surface area contributed by atoms with E-state index in [2.05, 4.69) is 34.7 Å². The van der Waals surface area contributed by atoms with Crippen molar-refractivity contribution in [3.05, 3.63) is 12.2 Å². The Morgan fingerprint density at radius 1 is 1.00 bits per heavy atom. The first-order chi connectivity index (χ1) is 13.0. The van der Waals surface area contributed by atoms with E-state index in [4.69, 9.17) is 11.5 Å². The summed E-state index contributed by atoms with van der Waals surface area (Å²) < 4.78 is 0. The van der Waals surface area contributed by atoms with Crippen LogP contribution in [0.3, 0.4) is 0 Å². The summed E-state index contributed by atoms with van der Waals surface area (Å²) in [5.41, 5.74) is 10.7. The third-order valence-electron chi connectivity index (χ3n) is 4.18. The summed E-state index contributed by atoms with van der Waals surface area (Å²) in [6.45, 7) is 5.12. The van der Waals surface area contributed by atoms with Gasteiger partial charge in [-0.2, -0.15) is 0 Å². The fourth-order valence-electron chi connectivity index (χ4n) is 2.73. The minimum absolute atomic E-state index is 0.0602. The summed E-state index contributed by atoms with van der Waals surface area (Å²) in [4.78, 5) is 27.1. The van der Waals surface area contributed by atoms with Gasteiger partial charge in [-0.15, -0.1) is 0 Å². The van der Waals surface area contributed by atoms with E-state index < -0.39 is 6.04 Å². The molecule has 0 radical (unpaired) electrons.